The van der Waals surface area contributed by atoms with E-state index < -0.39 is 25.0 Å². The van der Waals surface area contributed by atoms with Gasteiger partial charge in [0.1, 0.15) is 9.52 Å². The molecule has 0 fully saturated rings. The first-order valence-corrected chi connectivity index (χ1v) is 9.35. The zero-order valence-electron chi connectivity index (χ0n) is 10.2. The fourth-order valence-corrected chi connectivity index (χ4v) is 2.45. The van der Waals surface area contributed by atoms with Crippen molar-refractivity contribution in [1.29, 1.82) is 10.5 Å². The summed E-state index contributed by atoms with van der Waals surface area (Å²) in [6.45, 7) is 0. The maximum Gasteiger partial charge on any atom is 0.411 e. The van der Waals surface area contributed by atoms with Crippen LogP contribution in [-0.4, -0.2) is 25.0 Å². The quantitative estimate of drug-likeness (QED) is 0.299. The maximum absolute atomic E-state index is 11.5. The average Bonchev–Trinajstić information content (AvgIpc) is 2.31. The lowest BCUT2D eigenvalue weighted by Gasteiger charge is -1.92. The van der Waals surface area contributed by atoms with Crippen molar-refractivity contribution in [2.24, 2.45) is 0 Å². The highest BCUT2D eigenvalue weighted by Crippen LogP contribution is 2.04. The van der Waals surface area contributed by atoms with Crippen LogP contribution in [0.1, 0.15) is 32.1 Å². The molecule has 8 heteroatoms. The third-order valence-electron chi connectivity index (χ3n) is 1.92. The first kappa shape index (κ1) is 19.5. The van der Waals surface area contributed by atoms with Crippen molar-refractivity contribution >= 4 is 19.0 Å². The topological polar surface area (TPSA) is 47.6 Å². The minimum atomic E-state index is -3.32. The lowest BCUT2D eigenvalue weighted by Crippen LogP contribution is -2.02. The Kier molecular flexibility index (Phi) is 17.5. The first-order valence-electron chi connectivity index (χ1n) is 5.84. The predicted octanol–water partition coefficient (Wildman–Crippen LogP) is 2.94. The summed E-state index contributed by atoms with van der Waals surface area (Å²) in [6.07, 6.45) is 2.67. The summed E-state index contributed by atoms with van der Waals surface area (Å²) in [7, 11) is -4.48. The van der Waals surface area contributed by atoms with E-state index in [4.69, 9.17) is 10.5 Å². The van der Waals surface area contributed by atoms with Gasteiger partial charge in [-0.3, -0.25) is 8.22 Å². The lowest BCUT2D eigenvalue weighted by molar-refractivity contribution is 0.237. The molecule has 0 aromatic carbocycles. The van der Waals surface area contributed by atoms with Crippen molar-refractivity contribution in [3.8, 4) is 12.1 Å². The van der Waals surface area contributed by atoms with Crippen LogP contribution in [-0.2, 0) is 0 Å². The van der Waals surface area contributed by atoms with Crippen LogP contribution in [0.3, 0.4) is 0 Å². The number of halogens is 4. The number of rotatable bonds is 8. The molecule has 104 valence electrons. The highest BCUT2D eigenvalue weighted by molar-refractivity contribution is 6.42. The molecule has 0 atom stereocenters. The summed E-state index contributed by atoms with van der Waals surface area (Å²) in [5.74, 6) is 0. The van der Waals surface area contributed by atoms with E-state index >= 15 is 0 Å². The molecule has 0 radical (unpaired) electrons. The van der Waals surface area contributed by atoms with Gasteiger partial charge in [-0.2, -0.15) is 10.5 Å². The van der Waals surface area contributed by atoms with Crippen molar-refractivity contribution in [2.45, 2.75) is 50.2 Å². The van der Waals surface area contributed by atoms with Gasteiger partial charge in [-0.25, -0.2) is 8.78 Å². The largest absolute Gasteiger partial charge is 0.411 e. The molecule has 2 nitrogen and oxygen atoms in total. The molecule has 0 N–H and O–H groups in total. The van der Waals surface area contributed by atoms with Crippen molar-refractivity contribution < 1.29 is 17.0 Å². The molecule has 0 aliphatic rings. The van der Waals surface area contributed by atoms with E-state index in [0.717, 1.165) is 0 Å². The second-order valence-corrected chi connectivity index (χ2v) is 6.85. The summed E-state index contributed by atoms with van der Waals surface area (Å²) in [5, 5.41) is 16.0. The van der Waals surface area contributed by atoms with Gasteiger partial charge in [-0.05, 0) is 18.9 Å². The Balaban J connectivity index is 0. The molecule has 0 unspecified atom stereocenters. The zero-order chi connectivity index (χ0) is 14.2. The van der Waals surface area contributed by atoms with E-state index in [1.54, 1.807) is 0 Å². The minimum Gasteiger partial charge on any atom is -0.275 e. The fraction of sp³-hybridized carbons (Fsp3) is 0.800. The normalized spacial score (nSPS) is 10.2. The lowest BCUT2D eigenvalue weighted by atomic mass is 10.3. The van der Waals surface area contributed by atoms with Gasteiger partial charge >= 0.3 is 9.46 Å². The monoisotopic (exact) mass is 298 g/mol. The van der Waals surface area contributed by atoms with Crippen LogP contribution in [0.15, 0.2) is 0 Å². The summed E-state index contributed by atoms with van der Waals surface area (Å²) in [6, 6.07) is 2.44. The second-order valence-electron chi connectivity index (χ2n) is 3.59. The molecular weight excluding hydrogens is 280 g/mol. The highest BCUT2D eigenvalue weighted by atomic mass is 28.4. The Labute approximate surface area is 109 Å². The standard InChI is InChI=1S/2C5H9F2NSi/c6-5(7)9-4-2-1-3-8;6-9(7)5-3-1-2-4-8/h5H,1-2,4,9H2;9H,1-3,5H2. The third-order valence-corrected chi connectivity index (χ3v) is 4.11. The molecule has 0 spiro atoms. The SMILES string of the molecule is N#CCCCC[SiH](F)F.N#CCCC[SiH2]C(F)F. The molecule has 0 saturated carbocycles. The fourth-order valence-electron chi connectivity index (χ4n) is 1.01. The van der Waals surface area contributed by atoms with Crippen LogP contribution in [0.2, 0.25) is 12.1 Å². The van der Waals surface area contributed by atoms with E-state index in [1.165, 1.54) is 0 Å². The second kappa shape index (κ2) is 16.1. The predicted molar refractivity (Wildman–Crippen MR) is 67.8 cm³/mol. The van der Waals surface area contributed by atoms with Crippen molar-refractivity contribution in [3.63, 3.8) is 0 Å². The molecule has 0 aliphatic carbocycles. The molecule has 0 rings (SSSR count). The number of hydrogen-bond acceptors (Lipinski definition) is 2. The maximum atomic E-state index is 11.5. The van der Waals surface area contributed by atoms with Gasteiger partial charge in [-0.15, -0.1) is 0 Å². The molecule has 0 amide bonds. The van der Waals surface area contributed by atoms with Gasteiger partial charge in [0, 0.05) is 12.8 Å². The van der Waals surface area contributed by atoms with Crippen molar-refractivity contribution in [2.75, 3.05) is 0 Å². The summed E-state index contributed by atoms with van der Waals surface area (Å²) in [4.78, 5) is 0. The Morgan fingerprint density at radius 1 is 1.00 bits per heavy atom. The minimum absolute atomic E-state index is 0.0711. The Morgan fingerprint density at radius 3 is 2.00 bits per heavy atom. The van der Waals surface area contributed by atoms with E-state index in [0.29, 0.717) is 38.1 Å². The first-order chi connectivity index (χ1) is 8.54. The third kappa shape index (κ3) is 24.4. The summed E-state index contributed by atoms with van der Waals surface area (Å²) >= 11 is 0. The van der Waals surface area contributed by atoms with Crippen LogP contribution in [0.25, 0.3) is 0 Å². The average molecular weight is 298 g/mol. The van der Waals surface area contributed by atoms with Crippen molar-refractivity contribution in [3.05, 3.63) is 0 Å². The Morgan fingerprint density at radius 2 is 1.56 bits per heavy atom. The van der Waals surface area contributed by atoms with Gasteiger partial charge in [0.2, 0.25) is 6.05 Å². The Bertz CT molecular complexity index is 225. The number of alkyl halides is 2. The summed E-state index contributed by atoms with van der Waals surface area (Å²) in [5.41, 5.74) is 0. The molecule has 0 heterocycles. The van der Waals surface area contributed by atoms with Gasteiger partial charge in [0.05, 0.1) is 12.1 Å². The van der Waals surface area contributed by atoms with Crippen LogP contribution >= 0.6 is 0 Å². The molecule has 0 aliphatic heterocycles. The van der Waals surface area contributed by atoms with Gasteiger partial charge in [0.15, 0.2) is 0 Å². The van der Waals surface area contributed by atoms with E-state index in [9.17, 15) is 17.0 Å². The van der Waals surface area contributed by atoms with Gasteiger partial charge < -0.3 is 0 Å². The number of nitriles is 2. The van der Waals surface area contributed by atoms with Crippen molar-refractivity contribution in [1.82, 2.24) is 0 Å². The molecule has 18 heavy (non-hydrogen) atoms. The van der Waals surface area contributed by atoms with E-state index in [1.807, 2.05) is 12.1 Å². The summed E-state index contributed by atoms with van der Waals surface area (Å²) < 4.78 is 45.9. The number of unbranched alkanes of at least 4 members (excludes halogenated alkanes) is 3. The van der Waals surface area contributed by atoms with Crippen LogP contribution in [0, 0.1) is 22.7 Å². The Hall–Kier alpha value is -0.866. The highest BCUT2D eigenvalue weighted by Gasteiger charge is 2.04. The van der Waals surface area contributed by atoms with Gasteiger partial charge in [-0.1, -0.05) is 12.5 Å². The molecule has 0 aromatic heterocycles. The number of hydrogen-bond donors (Lipinski definition) is 0. The van der Waals surface area contributed by atoms with Crippen LogP contribution in [0.5, 0.6) is 0 Å². The van der Waals surface area contributed by atoms with Crippen LogP contribution in [0.4, 0.5) is 17.0 Å². The van der Waals surface area contributed by atoms with E-state index in [-0.39, 0.29) is 6.04 Å². The zero-order valence-corrected chi connectivity index (χ0v) is 12.8. The molecule has 0 bridgehead atoms. The number of nitrogens with zero attached hydrogens (tertiary/aromatic N) is 2. The van der Waals surface area contributed by atoms with E-state index in [2.05, 4.69) is 0 Å². The molecule has 0 saturated heterocycles. The van der Waals surface area contributed by atoms with Crippen LogP contribution < -0.4 is 0 Å². The molecular formula is C10H18F4N2Si2. The smallest absolute Gasteiger partial charge is 0.275 e. The molecule has 0 aromatic rings. The van der Waals surface area contributed by atoms with Gasteiger partial charge in [0.25, 0.3) is 0 Å².